The van der Waals surface area contributed by atoms with Gasteiger partial charge in [-0.1, -0.05) is 34.1 Å². The van der Waals surface area contributed by atoms with Gasteiger partial charge in [-0.3, -0.25) is 14.5 Å². The van der Waals surface area contributed by atoms with E-state index >= 15 is 0 Å². The number of halogens is 3. The van der Waals surface area contributed by atoms with Crippen molar-refractivity contribution >= 4 is 33.8 Å². The molecule has 0 radical (unpaired) electrons. The van der Waals surface area contributed by atoms with Gasteiger partial charge in [-0.05, 0) is 42.8 Å². The Hall–Kier alpha value is -3.07. The van der Waals surface area contributed by atoms with E-state index in [0.29, 0.717) is 10.0 Å². The van der Waals surface area contributed by atoms with Crippen LogP contribution in [0.5, 0.6) is 0 Å². The number of hydrogen-bond acceptors (Lipinski definition) is 3. The van der Waals surface area contributed by atoms with Crippen molar-refractivity contribution in [2.75, 3.05) is 13.1 Å². The molecule has 9 heteroatoms. The highest BCUT2D eigenvalue weighted by atomic mass is 79.9. The van der Waals surface area contributed by atoms with Gasteiger partial charge in [0.15, 0.2) is 0 Å². The van der Waals surface area contributed by atoms with Crippen molar-refractivity contribution in [3.63, 3.8) is 0 Å². The summed E-state index contributed by atoms with van der Waals surface area (Å²) in [5.41, 5.74) is -0.760. The van der Waals surface area contributed by atoms with Gasteiger partial charge in [0.1, 0.15) is 23.7 Å². The Bertz CT molecular complexity index is 1040. The minimum atomic E-state index is -1.43. The number of carbonyl (C=O) groups excluding carboxylic acids is 3. The maximum Gasteiger partial charge on any atom is 0.325 e. The summed E-state index contributed by atoms with van der Waals surface area (Å²) < 4.78 is 28.0. The molecule has 1 heterocycles. The topological polar surface area (TPSA) is 69.7 Å². The molecule has 0 saturated carbocycles. The number of rotatable bonds is 7. The van der Waals surface area contributed by atoms with E-state index in [2.05, 4.69) is 27.8 Å². The van der Waals surface area contributed by atoms with Gasteiger partial charge in [0.2, 0.25) is 5.91 Å². The van der Waals surface area contributed by atoms with Crippen molar-refractivity contribution < 1.29 is 23.2 Å². The highest BCUT2D eigenvalue weighted by Gasteiger charge is 2.49. The van der Waals surface area contributed by atoms with Crippen LogP contribution in [0.25, 0.3) is 0 Å². The van der Waals surface area contributed by atoms with E-state index in [-0.39, 0.29) is 18.7 Å². The van der Waals surface area contributed by atoms with Crippen LogP contribution < -0.4 is 5.32 Å². The third kappa shape index (κ3) is 4.66. The Morgan fingerprint density at radius 1 is 1.23 bits per heavy atom. The van der Waals surface area contributed by atoms with Gasteiger partial charge in [0, 0.05) is 23.1 Å². The summed E-state index contributed by atoms with van der Waals surface area (Å²) >= 11 is 3.27. The van der Waals surface area contributed by atoms with Crippen LogP contribution in [-0.2, 0) is 21.7 Å². The zero-order valence-electron chi connectivity index (χ0n) is 16.7. The zero-order chi connectivity index (χ0) is 22.8. The standard InChI is InChI=1S/C22H20BrF2N3O3/c1-3-10-27(12-14-11-16(23)6-9-18(14)25)19(29)13-28-20(30)22(2,26-21(28)31)15-4-7-17(24)8-5-15/h3-9,11H,1,10,12-13H2,2H3,(H,26,31). The number of urea groups is 1. The number of nitrogens with one attached hydrogen (secondary N) is 1. The molecule has 0 aliphatic carbocycles. The lowest BCUT2D eigenvalue weighted by molar-refractivity contribution is -0.139. The van der Waals surface area contributed by atoms with Crippen LogP contribution in [0.2, 0.25) is 0 Å². The van der Waals surface area contributed by atoms with Gasteiger partial charge >= 0.3 is 6.03 Å². The average molecular weight is 492 g/mol. The number of hydrogen-bond donors (Lipinski definition) is 1. The fourth-order valence-corrected chi connectivity index (χ4v) is 3.74. The predicted molar refractivity (Wildman–Crippen MR) is 114 cm³/mol. The molecule has 1 N–H and O–H groups in total. The van der Waals surface area contributed by atoms with Gasteiger partial charge in [-0.2, -0.15) is 0 Å². The second-order valence-electron chi connectivity index (χ2n) is 7.25. The highest BCUT2D eigenvalue weighted by molar-refractivity contribution is 9.10. The summed E-state index contributed by atoms with van der Waals surface area (Å²) in [4.78, 5) is 40.5. The molecule has 0 spiro atoms. The summed E-state index contributed by atoms with van der Waals surface area (Å²) in [6.45, 7) is 4.62. The third-order valence-corrected chi connectivity index (χ3v) is 5.55. The van der Waals surface area contributed by atoms with Crippen LogP contribution in [0.1, 0.15) is 18.1 Å². The van der Waals surface area contributed by atoms with Gasteiger partial charge in [-0.15, -0.1) is 6.58 Å². The minimum absolute atomic E-state index is 0.0605. The molecule has 1 aliphatic rings. The summed E-state index contributed by atoms with van der Waals surface area (Å²) in [7, 11) is 0. The number of carbonyl (C=O) groups is 3. The van der Waals surface area contributed by atoms with Crippen molar-refractivity contribution in [2.24, 2.45) is 0 Å². The Labute approximate surface area is 186 Å². The van der Waals surface area contributed by atoms with Gasteiger partial charge in [0.05, 0.1) is 0 Å². The van der Waals surface area contributed by atoms with E-state index in [1.165, 1.54) is 48.2 Å². The lowest BCUT2D eigenvalue weighted by Gasteiger charge is -2.25. The molecule has 2 aromatic rings. The number of nitrogens with zero attached hydrogens (tertiary/aromatic N) is 2. The molecule has 31 heavy (non-hydrogen) atoms. The van der Waals surface area contributed by atoms with E-state index < -0.39 is 41.6 Å². The minimum Gasteiger partial charge on any atom is -0.333 e. The molecular formula is C22H20BrF2N3O3. The lowest BCUT2D eigenvalue weighted by atomic mass is 9.92. The highest BCUT2D eigenvalue weighted by Crippen LogP contribution is 2.29. The number of imide groups is 1. The summed E-state index contributed by atoms with van der Waals surface area (Å²) in [6, 6.07) is 8.81. The molecule has 4 amide bonds. The number of benzene rings is 2. The molecule has 0 aromatic heterocycles. The molecule has 1 saturated heterocycles. The van der Waals surface area contributed by atoms with Crippen molar-refractivity contribution in [3.8, 4) is 0 Å². The Kier molecular flexibility index (Phi) is 6.54. The molecule has 6 nitrogen and oxygen atoms in total. The van der Waals surface area contributed by atoms with Crippen molar-refractivity contribution in [2.45, 2.75) is 19.0 Å². The van der Waals surface area contributed by atoms with Gasteiger partial charge in [-0.25, -0.2) is 13.6 Å². The first-order valence-corrected chi connectivity index (χ1v) is 10.2. The molecular weight excluding hydrogens is 472 g/mol. The van der Waals surface area contributed by atoms with E-state index in [9.17, 15) is 23.2 Å². The second-order valence-corrected chi connectivity index (χ2v) is 8.17. The molecule has 1 fully saturated rings. The molecule has 1 unspecified atom stereocenters. The largest absolute Gasteiger partial charge is 0.333 e. The van der Waals surface area contributed by atoms with Crippen LogP contribution in [0.3, 0.4) is 0 Å². The quantitative estimate of drug-likeness (QED) is 0.474. The average Bonchev–Trinajstić information content (AvgIpc) is 2.94. The van der Waals surface area contributed by atoms with Crippen LogP contribution in [-0.4, -0.2) is 40.7 Å². The van der Waals surface area contributed by atoms with Crippen LogP contribution in [0, 0.1) is 11.6 Å². The van der Waals surface area contributed by atoms with Gasteiger partial charge in [0.25, 0.3) is 5.91 Å². The third-order valence-electron chi connectivity index (χ3n) is 5.06. The predicted octanol–water partition coefficient (Wildman–Crippen LogP) is 3.71. The van der Waals surface area contributed by atoms with Crippen molar-refractivity contribution in [1.82, 2.24) is 15.1 Å². The molecule has 2 aromatic carbocycles. The second kappa shape index (κ2) is 8.97. The fraction of sp³-hybridized carbons (Fsp3) is 0.227. The monoisotopic (exact) mass is 491 g/mol. The fourth-order valence-electron chi connectivity index (χ4n) is 3.34. The first-order valence-electron chi connectivity index (χ1n) is 9.38. The smallest absolute Gasteiger partial charge is 0.325 e. The SMILES string of the molecule is C=CCN(Cc1cc(Br)ccc1F)C(=O)CN1C(=O)NC(C)(c2ccc(F)cc2)C1=O. The molecule has 162 valence electrons. The van der Waals surface area contributed by atoms with Gasteiger partial charge < -0.3 is 10.2 Å². The molecule has 1 aliphatic heterocycles. The Balaban J connectivity index is 1.79. The van der Waals surface area contributed by atoms with E-state index in [0.717, 1.165) is 4.90 Å². The van der Waals surface area contributed by atoms with E-state index in [1.54, 1.807) is 12.1 Å². The normalized spacial score (nSPS) is 18.1. The van der Waals surface area contributed by atoms with E-state index in [4.69, 9.17) is 0 Å². The molecule has 1 atom stereocenters. The zero-order valence-corrected chi connectivity index (χ0v) is 18.3. The maximum absolute atomic E-state index is 14.1. The summed E-state index contributed by atoms with van der Waals surface area (Å²) in [6.07, 6.45) is 1.47. The maximum atomic E-state index is 14.1. The van der Waals surface area contributed by atoms with E-state index in [1.807, 2.05) is 0 Å². The number of amides is 4. The Morgan fingerprint density at radius 3 is 2.55 bits per heavy atom. The first-order chi connectivity index (χ1) is 14.7. The van der Waals surface area contributed by atoms with Crippen LogP contribution >= 0.6 is 15.9 Å². The summed E-state index contributed by atoms with van der Waals surface area (Å²) in [5, 5.41) is 2.57. The van der Waals surface area contributed by atoms with Crippen molar-refractivity contribution in [3.05, 3.63) is 82.4 Å². The van der Waals surface area contributed by atoms with Crippen molar-refractivity contribution in [1.29, 1.82) is 0 Å². The molecule has 3 rings (SSSR count). The summed E-state index contributed by atoms with van der Waals surface area (Å²) in [5.74, 6) is -2.14. The van der Waals surface area contributed by atoms with Crippen LogP contribution in [0.4, 0.5) is 13.6 Å². The van der Waals surface area contributed by atoms with Crippen LogP contribution in [0.15, 0.2) is 59.6 Å². The Morgan fingerprint density at radius 2 is 1.90 bits per heavy atom. The lowest BCUT2D eigenvalue weighted by Crippen LogP contribution is -2.44. The molecule has 0 bridgehead atoms. The first kappa shape index (κ1) is 22.6.